The van der Waals surface area contributed by atoms with Crippen LogP contribution in [0.25, 0.3) is 0 Å². The van der Waals surface area contributed by atoms with Gasteiger partial charge in [0.1, 0.15) is 5.69 Å². The molecule has 0 aliphatic heterocycles. The van der Waals surface area contributed by atoms with Crippen LogP contribution in [0.15, 0.2) is 18.6 Å². The van der Waals surface area contributed by atoms with Crippen molar-refractivity contribution in [1.82, 2.24) is 25.1 Å². The minimum atomic E-state index is -0.115. The van der Waals surface area contributed by atoms with Gasteiger partial charge in [0.05, 0.1) is 24.3 Å². The highest BCUT2D eigenvalue weighted by Crippen LogP contribution is 2.14. The van der Waals surface area contributed by atoms with Gasteiger partial charge in [0.2, 0.25) is 0 Å². The zero-order chi connectivity index (χ0) is 13.8. The van der Waals surface area contributed by atoms with Crippen molar-refractivity contribution < 1.29 is 4.79 Å². The normalized spacial score (nSPS) is 10.9. The van der Waals surface area contributed by atoms with Gasteiger partial charge in [0.15, 0.2) is 0 Å². The van der Waals surface area contributed by atoms with E-state index in [2.05, 4.69) is 34.2 Å². The number of carbonyl (C=O) groups is 1. The molecule has 0 saturated heterocycles. The van der Waals surface area contributed by atoms with Gasteiger partial charge in [0.25, 0.3) is 5.91 Å². The Morgan fingerprint density at radius 2 is 2.32 bits per heavy atom. The summed E-state index contributed by atoms with van der Waals surface area (Å²) in [5.41, 5.74) is 2.42. The topological polar surface area (TPSA) is 75.6 Å². The average molecular weight is 261 g/mol. The second-order valence-electron chi connectivity index (χ2n) is 4.68. The lowest BCUT2D eigenvalue weighted by Gasteiger charge is -2.05. The van der Waals surface area contributed by atoms with Crippen LogP contribution in [-0.2, 0) is 13.1 Å². The molecular formula is C13H19N5O. The summed E-state index contributed by atoms with van der Waals surface area (Å²) in [4.78, 5) is 19.0. The van der Waals surface area contributed by atoms with Gasteiger partial charge in [-0.05, 0) is 18.9 Å². The van der Waals surface area contributed by atoms with Crippen LogP contribution in [0.5, 0.6) is 0 Å². The maximum atomic E-state index is 12.1. The molecule has 2 heterocycles. The first-order valence-corrected chi connectivity index (χ1v) is 6.45. The van der Waals surface area contributed by atoms with E-state index >= 15 is 0 Å². The van der Waals surface area contributed by atoms with Crippen LogP contribution in [0.1, 0.15) is 48.6 Å². The third-order valence-electron chi connectivity index (χ3n) is 2.92. The summed E-state index contributed by atoms with van der Waals surface area (Å²) in [5.74, 6) is 0.197. The third kappa shape index (κ3) is 3.01. The van der Waals surface area contributed by atoms with E-state index in [0.717, 1.165) is 11.4 Å². The molecule has 2 aromatic heterocycles. The monoisotopic (exact) mass is 261 g/mol. The number of aromatic amines is 1. The Kier molecular flexibility index (Phi) is 3.99. The number of amides is 1. The van der Waals surface area contributed by atoms with Gasteiger partial charge in [-0.3, -0.25) is 9.48 Å². The minimum absolute atomic E-state index is 0.115. The van der Waals surface area contributed by atoms with Crippen LogP contribution in [0.2, 0.25) is 0 Å². The Balaban J connectivity index is 2.09. The molecule has 19 heavy (non-hydrogen) atoms. The molecule has 6 nitrogen and oxygen atoms in total. The molecule has 0 aliphatic carbocycles. The Morgan fingerprint density at radius 3 is 2.89 bits per heavy atom. The van der Waals surface area contributed by atoms with Crippen molar-refractivity contribution in [2.45, 2.75) is 39.8 Å². The van der Waals surface area contributed by atoms with E-state index in [1.165, 1.54) is 0 Å². The number of rotatable bonds is 5. The van der Waals surface area contributed by atoms with Crippen molar-refractivity contribution >= 4 is 5.91 Å². The van der Waals surface area contributed by atoms with Gasteiger partial charge in [0, 0.05) is 12.7 Å². The molecule has 2 aromatic rings. The predicted molar refractivity (Wildman–Crippen MR) is 71.7 cm³/mol. The zero-order valence-electron chi connectivity index (χ0n) is 11.5. The lowest BCUT2D eigenvalue weighted by molar-refractivity contribution is 0.0940. The number of imidazole rings is 1. The third-order valence-corrected chi connectivity index (χ3v) is 2.92. The average Bonchev–Trinajstić information content (AvgIpc) is 3.04. The molecule has 0 bridgehead atoms. The summed E-state index contributed by atoms with van der Waals surface area (Å²) in [5, 5.41) is 7.29. The maximum absolute atomic E-state index is 12.1. The molecule has 0 unspecified atom stereocenters. The van der Waals surface area contributed by atoms with Crippen LogP contribution in [0.3, 0.4) is 0 Å². The fourth-order valence-corrected chi connectivity index (χ4v) is 1.79. The van der Waals surface area contributed by atoms with Crippen LogP contribution in [-0.4, -0.2) is 25.7 Å². The zero-order valence-corrected chi connectivity index (χ0v) is 11.5. The Hall–Kier alpha value is -2.11. The SMILES string of the molecule is CCn1nc(C(C)C)cc1C(=O)NCc1cnc[nH]1. The summed E-state index contributed by atoms with van der Waals surface area (Å²) >= 11 is 0. The maximum Gasteiger partial charge on any atom is 0.269 e. The van der Waals surface area contributed by atoms with E-state index in [4.69, 9.17) is 0 Å². The second-order valence-corrected chi connectivity index (χ2v) is 4.68. The molecule has 0 spiro atoms. The van der Waals surface area contributed by atoms with Gasteiger partial charge in [-0.25, -0.2) is 4.98 Å². The molecule has 0 aromatic carbocycles. The van der Waals surface area contributed by atoms with Crippen LogP contribution < -0.4 is 5.32 Å². The smallest absolute Gasteiger partial charge is 0.269 e. The van der Waals surface area contributed by atoms with Gasteiger partial charge in [-0.1, -0.05) is 13.8 Å². The number of nitrogens with zero attached hydrogens (tertiary/aromatic N) is 3. The van der Waals surface area contributed by atoms with E-state index in [9.17, 15) is 4.79 Å². The van der Waals surface area contributed by atoms with Crippen molar-refractivity contribution in [2.75, 3.05) is 0 Å². The highest BCUT2D eigenvalue weighted by molar-refractivity contribution is 5.92. The minimum Gasteiger partial charge on any atom is -0.347 e. The Bertz CT molecular complexity index is 541. The fraction of sp³-hybridized carbons (Fsp3) is 0.462. The number of aromatic nitrogens is 4. The van der Waals surface area contributed by atoms with Gasteiger partial charge in [-0.2, -0.15) is 5.10 Å². The molecule has 0 aliphatic rings. The highest BCUT2D eigenvalue weighted by Gasteiger charge is 2.15. The number of hydrogen-bond donors (Lipinski definition) is 2. The summed E-state index contributed by atoms with van der Waals surface area (Å²) in [6.07, 6.45) is 3.28. The molecule has 2 N–H and O–H groups in total. The highest BCUT2D eigenvalue weighted by atomic mass is 16.2. The van der Waals surface area contributed by atoms with Crippen LogP contribution >= 0.6 is 0 Å². The van der Waals surface area contributed by atoms with Crippen molar-refractivity contribution in [3.8, 4) is 0 Å². The number of carbonyl (C=O) groups excluding carboxylic acids is 1. The first-order valence-electron chi connectivity index (χ1n) is 6.45. The Morgan fingerprint density at radius 1 is 1.53 bits per heavy atom. The second kappa shape index (κ2) is 5.69. The molecule has 0 fully saturated rings. The quantitative estimate of drug-likeness (QED) is 0.859. The van der Waals surface area contributed by atoms with Gasteiger partial charge in [-0.15, -0.1) is 0 Å². The molecule has 102 valence electrons. The van der Waals surface area contributed by atoms with Crippen molar-refractivity contribution in [1.29, 1.82) is 0 Å². The van der Waals surface area contributed by atoms with E-state index in [-0.39, 0.29) is 5.91 Å². The van der Waals surface area contributed by atoms with E-state index in [0.29, 0.717) is 24.7 Å². The van der Waals surface area contributed by atoms with E-state index in [1.807, 2.05) is 13.0 Å². The number of nitrogens with one attached hydrogen (secondary N) is 2. The van der Waals surface area contributed by atoms with Gasteiger partial charge >= 0.3 is 0 Å². The van der Waals surface area contributed by atoms with Gasteiger partial charge < -0.3 is 10.3 Å². The Labute approximate surface area is 112 Å². The van der Waals surface area contributed by atoms with Crippen LogP contribution in [0.4, 0.5) is 0 Å². The lowest BCUT2D eigenvalue weighted by atomic mass is 10.1. The molecule has 1 amide bonds. The first kappa shape index (κ1) is 13.3. The van der Waals surface area contributed by atoms with E-state index in [1.54, 1.807) is 17.2 Å². The molecule has 2 rings (SSSR count). The summed E-state index contributed by atoms with van der Waals surface area (Å²) < 4.78 is 1.73. The summed E-state index contributed by atoms with van der Waals surface area (Å²) in [7, 11) is 0. The van der Waals surface area contributed by atoms with Crippen molar-refractivity contribution in [2.24, 2.45) is 0 Å². The summed E-state index contributed by atoms with van der Waals surface area (Å²) in [6.45, 7) is 7.22. The van der Waals surface area contributed by atoms with Crippen molar-refractivity contribution in [3.05, 3.63) is 35.7 Å². The number of hydrogen-bond acceptors (Lipinski definition) is 3. The first-order chi connectivity index (χ1) is 9.11. The summed E-state index contributed by atoms with van der Waals surface area (Å²) in [6, 6.07) is 1.86. The molecule has 0 saturated carbocycles. The fourth-order valence-electron chi connectivity index (χ4n) is 1.79. The predicted octanol–water partition coefficient (Wildman–Crippen LogP) is 1.68. The molecule has 0 atom stereocenters. The largest absolute Gasteiger partial charge is 0.347 e. The number of H-pyrrole nitrogens is 1. The standard InChI is InChI=1S/C13H19N5O/c1-4-18-12(5-11(17-18)9(2)3)13(19)15-7-10-6-14-8-16-10/h5-6,8-9H,4,7H2,1-3H3,(H,14,16)(H,15,19). The molecule has 6 heteroatoms. The molecular weight excluding hydrogens is 242 g/mol. The van der Waals surface area contributed by atoms with Crippen molar-refractivity contribution in [3.63, 3.8) is 0 Å². The number of aryl methyl sites for hydroxylation is 1. The van der Waals surface area contributed by atoms with E-state index < -0.39 is 0 Å². The molecule has 0 radical (unpaired) electrons. The van der Waals surface area contributed by atoms with Crippen LogP contribution in [0, 0.1) is 0 Å². The lowest BCUT2D eigenvalue weighted by Crippen LogP contribution is -2.25.